The maximum Gasteiger partial charge on any atom is 0.508 e. The topological polar surface area (TPSA) is 35.5 Å². The molecular weight excluding hydrogens is 248 g/mol. The van der Waals surface area contributed by atoms with Crippen LogP contribution in [0.25, 0.3) is 0 Å². The van der Waals surface area contributed by atoms with Gasteiger partial charge in [-0.1, -0.05) is 46.3 Å². The number of hydrogen-bond donors (Lipinski definition) is 0. The average Bonchev–Trinajstić information content (AvgIpc) is 2.25. The Kier molecular flexibility index (Phi) is 5.07. The molecule has 0 unspecified atom stereocenters. The Hall–Kier alpha value is -1.03. The number of hydrogen-bond acceptors (Lipinski definition) is 3. The van der Waals surface area contributed by atoms with Crippen LogP contribution in [0, 0.1) is 0 Å². The van der Waals surface area contributed by atoms with Crippen molar-refractivity contribution in [2.24, 2.45) is 0 Å². The Balaban J connectivity index is 2.24. The lowest BCUT2D eigenvalue weighted by atomic mass is 10.2. The minimum Gasteiger partial charge on any atom is -0.433 e. The normalized spacial score (nSPS) is 9.50. The van der Waals surface area contributed by atoms with Crippen LogP contribution in [-0.4, -0.2) is 18.1 Å². The van der Waals surface area contributed by atoms with Crippen LogP contribution >= 0.6 is 15.9 Å². The van der Waals surface area contributed by atoms with E-state index in [9.17, 15) is 4.79 Å². The van der Waals surface area contributed by atoms with Gasteiger partial charge in [0.15, 0.2) is 0 Å². The van der Waals surface area contributed by atoms with Crippen LogP contribution in [0.3, 0.4) is 0 Å². The monoisotopic (exact) mass is 258 g/mol. The van der Waals surface area contributed by atoms with E-state index >= 15 is 0 Å². The minimum atomic E-state index is -0.631. The first-order valence-corrected chi connectivity index (χ1v) is 5.34. The SMILES string of the molecule is O=C(OCCBr)OCc1ccccc1. The number of alkyl halides is 1. The van der Waals surface area contributed by atoms with Gasteiger partial charge in [0.1, 0.15) is 13.2 Å². The Morgan fingerprint density at radius 1 is 1.21 bits per heavy atom. The first kappa shape index (κ1) is 11.0. The van der Waals surface area contributed by atoms with Crippen molar-refractivity contribution in [3.63, 3.8) is 0 Å². The molecule has 3 nitrogen and oxygen atoms in total. The molecule has 0 spiro atoms. The van der Waals surface area contributed by atoms with E-state index in [2.05, 4.69) is 15.9 Å². The summed E-state index contributed by atoms with van der Waals surface area (Å²) in [6.07, 6.45) is -0.631. The lowest BCUT2D eigenvalue weighted by molar-refractivity contribution is 0.0544. The quantitative estimate of drug-likeness (QED) is 0.616. The van der Waals surface area contributed by atoms with Crippen molar-refractivity contribution in [2.75, 3.05) is 11.9 Å². The van der Waals surface area contributed by atoms with Gasteiger partial charge >= 0.3 is 6.16 Å². The van der Waals surface area contributed by atoms with Gasteiger partial charge in [-0.05, 0) is 5.56 Å². The van der Waals surface area contributed by atoms with Gasteiger partial charge in [-0.3, -0.25) is 0 Å². The maximum atomic E-state index is 10.9. The fourth-order valence-electron chi connectivity index (χ4n) is 0.880. The van der Waals surface area contributed by atoms with Gasteiger partial charge in [0.2, 0.25) is 0 Å². The zero-order valence-electron chi connectivity index (χ0n) is 7.61. The third-order valence-corrected chi connectivity index (χ3v) is 1.82. The summed E-state index contributed by atoms with van der Waals surface area (Å²) in [5.41, 5.74) is 0.947. The molecule has 0 aliphatic rings. The van der Waals surface area contributed by atoms with Crippen LogP contribution in [0.5, 0.6) is 0 Å². The number of halogens is 1. The summed E-state index contributed by atoms with van der Waals surface area (Å²) in [5.74, 6) is 0. The van der Waals surface area contributed by atoms with Crippen LogP contribution in [0.15, 0.2) is 30.3 Å². The van der Waals surface area contributed by atoms with E-state index in [1.165, 1.54) is 0 Å². The molecule has 1 aromatic rings. The van der Waals surface area contributed by atoms with Gasteiger partial charge in [-0.15, -0.1) is 0 Å². The van der Waals surface area contributed by atoms with Gasteiger partial charge < -0.3 is 9.47 Å². The third-order valence-electron chi connectivity index (χ3n) is 1.50. The Morgan fingerprint density at radius 2 is 1.93 bits per heavy atom. The molecule has 0 fully saturated rings. The van der Waals surface area contributed by atoms with Crippen molar-refractivity contribution in [1.29, 1.82) is 0 Å². The highest BCUT2D eigenvalue weighted by atomic mass is 79.9. The Morgan fingerprint density at radius 3 is 2.57 bits per heavy atom. The largest absolute Gasteiger partial charge is 0.508 e. The molecule has 0 saturated carbocycles. The van der Waals surface area contributed by atoms with Crippen molar-refractivity contribution >= 4 is 22.1 Å². The highest BCUT2D eigenvalue weighted by Crippen LogP contribution is 2.01. The first-order chi connectivity index (χ1) is 6.83. The average molecular weight is 259 g/mol. The highest BCUT2D eigenvalue weighted by molar-refractivity contribution is 9.09. The number of carbonyl (C=O) groups is 1. The summed E-state index contributed by atoms with van der Waals surface area (Å²) in [7, 11) is 0. The summed E-state index contributed by atoms with van der Waals surface area (Å²) in [6, 6.07) is 9.47. The second-order valence-corrected chi connectivity index (χ2v) is 3.35. The zero-order chi connectivity index (χ0) is 10.2. The molecular formula is C10H11BrO3. The number of ether oxygens (including phenoxy) is 2. The fraction of sp³-hybridized carbons (Fsp3) is 0.300. The van der Waals surface area contributed by atoms with Gasteiger partial charge in [0, 0.05) is 5.33 Å². The van der Waals surface area contributed by atoms with Crippen LogP contribution in [-0.2, 0) is 16.1 Å². The van der Waals surface area contributed by atoms with E-state index in [-0.39, 0.29) is 6.61 Å². The van der Waals surface area contributed by atoms with E-state index in [1.807, 2.05) is 30.3 Å². The molecule has 0 atom stereocenters. The zero-order valence-corrected chi connectivity index (χ0v) is 9.20. The molecule has 0 radical (unpaired) electrons. The second kappa shape index (κ2) is 6.43. The summed E-state index contributed by atoms with van der Waals surface area (Å²) >= 11 is 3.14. The van der Waals surface area contributed by atoms with Crippen molar-refractivity contribution in [2.45, 2.75) is 6.61 Å². The molecule has 0 heterocycles. The van der Waals surface area contributed by atoms with Crippen molar-refractivity contribution in [3.05, 3.63) is 35.9 Å². The van der Waals surface area contributed by atoms with Gasteiger partial charge in [0.25, 0.3) is 0 Å². The van der Waals surface area contributed by atoms with E-state index < -0.39 is 6.16 Å². The number of rotatable bonds is 4. The van der Waals surface area contributed by atoms with Gasteiger partial charge in [-0.25, -0.2) is 4.79 Å². The molecule has 0 aliphatic carbocycles. The maximum absolute atomic E-state index is 10.9. The van der Waals surface area contributed by atoms with E-state index in [4.69, 9.17) is 9.47 Å². The number of benzene rings is 1. The molecule has 76 valence electrons. The van der Waals surface area contributed by atoms with E-state index in [0.29, 0.717) is 11.9 Å². The lowest BCUT2D eigenvalue weighted by Crippen LogP contribution is -2.08. The predicted molar refractivity (Wildman–Crippen MR) is 56.4 cm³/mol. The molecule has 0 bridgehead atoms. The van der Waals surface area contributed by atoms with Gasteiger partial charge in [0.05, 0.1) is 0 Å². The first-order valence-electron chi connectivity index (χ1n) is 4.22. The molecule has 0 N–H and O–H groups in total. The Labute approximate surface area is 91.1 Å². The van der Waals surface area contributed by atoms with Crippen LogP contribution in [0.2, 0.25) is 0 Å². The Bertz CT molecular complexity index is 274. The summed E-state index contributed by atoms with van der Waals surface area (Å²) < 4.78 is 9.55. The van der Waals surface area contributed by atoms with Crippen molar-refractivity contribution in [3.8, 4) is 0 Å². The van der Waals surface area contributed by atoms with Crippen LogP contribution in [0.1, 0.15) is 5.56 Å². The van der Waals surface area contributed by atoms with Gasteiger partial charge in [-0.2, -0.15) is 0 Å². The molecule has 1 rings (SSSR count). The van der Waals surface area contributed by atoms with Crippen molar-refractivity contribution < 1.29 is 14.3 Å². The predicted octanol–water partition coefficient (Wildman–Crippen LogP) is 2.73. The lowest BCUT2D eigenvalue weighted by Gasteiger charge is -2.04. The molecule has 1 aromatic carbocycles. The van der Waals surface area contributed by atoms with E-state index in [1.54, 1.807) is 0 Å². The molecule has 0 aliphatic heterocycles. The van der Waals surface area contributed by atoms with Crippen LogP contribution < -0.4 is 0 Å². The summed E-state index contributed by atoms with van der Waals surface area (Å²) in [4.78, 5) is 10.9. The third kappa shape index (κ3) is 4.28. The molecule has 4 heteroatoms. The van der Waals surface area contributed by atoms with Crippen LogP contribution in [0.4, 0.5) is 4.79 Å². The second-order valence-electron chi connectivity index (χ2n) is 2.56. The standard InChI is InChI=1S/C10H11BrO3/c11-6-7-13-10(12)14-8-9-4-2-1-3-5-9/h1-5H,6-8H2. The fourth-order valence-corrected chi connectivity index (χ4v) is 1.04. The smallest absolute Gasteiger partial charge is 0.433 e. The summed E-state index contributed by atoms with van der Waals surface area (Å²) in [5, 5.41) is 0.618. The molecule has 14 heavy (non-hydrogen) atoms. The minimum absolute atomic E-state index is 0.252. The van der Waals surface area contributed by atoms with E-state index in [0.717, 1.165) is 5.56 Å². The molecule has 0 aromatic heterocycles. The highest BCUT2D eigenvalue weighted by Gasteiger charge is 2.02. The number of carbonyl (C=O) groups excluding carboxylic acids is 1. The van der Waals surface area contributed by atoms with Crippen molar-refractivity contribution in [1.82, 2.24) is 0 Å². The summed E-state index contributed by atoms with van der Waals surface area (Å²) in [6.45, 7) is 0.579. The molecule has 0 amide bonds. The molecule has 0 saturated heterocycles.